The van der Waals surface area contributed by atoms with Crippen LogP contribution in [0, 0.1) is 0 Å². The number of fused-ring (bicyclic) bond motifs is 1. The van der Waals surface area contributed by atoms with Gasteiger partial charge in [0.1, 0.15) is 11.5 Å². The van der Waals surface area contributed by atoms with E-state index >= 15 is 0 Å². The predicted octanol–water partition coefficient (Wildman–Crippen LogP) is 4.89. The summed E-state index contributed by atoms with van der Waals surface area (Å²) in [5.74, 6) is 0.534. The molecule has 1 saturated heterocycles. The van der Waals surface area contributed by atoms with Crippen molar-refractivity contribution in [3.05, 3.63) is 63.1 Å². The van der Waals surface area contributed by atoms with Gasteiger partial charge >= 0.3 is 0 Å². The van der Waals surface area contributed by atoms with Gasteiger partial charge < -0.3 is 10.2 Å². The smallest absolute Gasteiger partial charge is 0.264 e. The topological polar surface area (TPSA) is 70.5 Å². The van der Waals surface area contributed by atoms with E-state index in [4.69, 9.17) is 23.2 Å². The fourth-order valence-electron chi connectivity index (χ4n) is 2.65. The summed E-state index contributed by atoms with van der Waals surface area (Å²) in [5.41, 5.74) is 2.82. The monoisotopic (exact) mass is 443 g/mol. The maximum absolute atomic E-state index is 12.4. The van der Waals surface area contributed by atoms with Crippen LogP contribution in [-0.4, -0.2) is 35.1 Å². The van der Waals surface area contributed by atoms with E-state index in [1.54, 1.807) is 30.5 Å². The predicted molar refractivity (Wildman–Crippen MR) is 121 cm³/mol. The lowest BCUT2D eigenvalue weighted by Gasteiger charge is -2.11. The fraction of sp³-hybridized carbons (Fsp3) is 0.100. The lowest BCUT2D eigenvalue weighted by Crippen LogP contribution is -2.19. The first-order valence-corrected chi connectivity index (χ1v) is 10.2. The number of amides is 1. The molecule has 1 amide bonds. The van der Waals surface area contributed by atoms with E-state index in [0.717, 1.165) is 22.4 Å². The van der Waals surface area contributed by atoms with Gasteiger partial charge in [-0.05, 0) is 47.7 Å². The molecule has 0 saturated carbocycles. The van der Waals surface area contributed by atoms with Gasteiger partial charge in [-0.3, -0.25) is 9.78 Å². The summed E-state index contributed by atoms with van der Waals surface area (Å²) < 4.78 is 0. The average molecular weight is 444 g/mol. The van der Waals surface area contributed by atoms with Gasteiger partial charge in [0.2, 0.25) is 0 Å². The number of hydrogen-bond donors (Lipinski definition) is 1. The van der Waals surface area contributed by atoms with E-state index in [9.17, 15) is 4.79 Å². The molecule has 4 rings (SSSR count). The molecule has 1 N–H and O–H groups in total. The van der Waals surface area contributed by atoms with Crippen molar-refractivity contribution in [3.8, 4) is 0 Å². The molecular weight excluding hydrogens is 429 g/mol. The summed E-state index contributed by atoms with van der Waals surface area (Å²) in [6.45, 7) is 0. The quantitative estimate of drug-likeness (QED) is 0.583. The number of thioether (sulfide) groups is 1. The SMILES string of the molecule is CN(C)c1cnc2ccc(/C=C3/SC(=Nc4c(Cl)cccc4Cl)NC3=O)cc2n1. The van der Waals surface area contributed by atoms with Gasteiger partial charge in [-0.25, -0.2) is 9.98 Å². The maximum Gasteiger partial charge on any atom is 0.264 e. The van der Waals surface area contributed by atoms with Crippen LogP contribution in [0.1, 0.15) is 5.56 Å². The molecule has 3 aromatic rings. The van der Waals surface area contributed by atoms with E-state index in [1.807, 2.05) is 37.2 Å². The number of para-hydroxylation sites is 1. The van der Waals surface area contributed by atoms with E-state index < -0.39 is 0 Å². The summed E-state index contributed by atoms with van der Waals surface area (Å²) >= 11 is 13.5. The maximum atomic E-state index is 12.4. The highest BCUT2D eigenvalue weighted by atomic mass is 35.5. The number of rotatable bonds is 3. The molecule has 146 valence electrons. The normalized spacial score (nSPS) is 16.6. The van der Waals surface area contributed by atoms with Crippen LogP contribution in [0.25, 0.3) is 17.1 Å². The number of nitrogens with one attached hydrogen (secondary N) is 1. The number of aliphatic imine (C=N–C) groups is 1. The van der Waals surface area contributed by atoms with Gasteiger partial charge in [0.25, 0.3) is 5.91 Å². The molecule has 0 aliphatic carbocycles. The Morgan fingerprint density at radius 2 is 1.90 bits per heavy atom. The zero-order valence-corrected chi connectivity index (χ0v) is 17.8. The summed E-state index contributed by atoms with van der Waals surface area (Å²) in [5, 5.41) is 4.00. The molecule has 1 aliphatic heterocycles. The Hall–Kier alpha value is -2.61. The lowest BCUT2D eigenvalue weighted by molar-refractivity contribution is -0.115. The molecule has 2 aromatic carbocycles. The minimum Gasteiger partial charge on any atom is -0.361 e. The summed E-state index contributed by atoms with van der Waals surface area (Å²) in [4.78, 5) is 28.2. The lowest BCUT2D eigenvalue weighted by atomic mass is 10.2. The van der Waals surface area contributed by atoms with E-state index in [1.165, 1.54) is 11.8 Å². The second kappa shape index (κ2) is 8.02. The highest BCUT2D eigenvalue weighted by molar-refractivity contribution is 8.18. The van der Waals surface area contributed by atoms with Crippen LogP contribution >= 0.6 is 35.0 Å². The van der Waals surface area contributed by atoms with E-state index in [-0.39, 0.29) is 5.91 Å². The fourth-order valence-corrected chi connectivity index (χ4v) is 3.96. The van der Waals surface area contributed by atoms with E-state index in [0.29, 0.717) is 25.8 Å². The number of halogens is 2. The number of carbonyl (C=O) groups excluding carboxylic acids is 1. The Labute approximate surface area is 181 Å². The molecule has 0 atom stereocenters. The highest BCUT2D eigenvalue weighted by Crippen LogP contribution is 2.35. The van der Waals surface area contributed by atoms with Gasteiger partial charge in [0, 0.05) is 14.1 Å². The Morgan fingerprint density at radius 1 is 1.14 bits per heavy atom. The van der Waals surface area contributed by atoms with E-state index in [2.05, 4.69) is 20.3 Å². The van der Waals surface area contributed by atoms with Crippen molar-refractivity contribution in [1.29, 1.82) is 0 Å². The molecule has 0 radical (unpaired) electrons. The van der Waals surface area contributed by atoms with Gasteiger partial charge in [0.15, 0.2) is 5.17 Å². The number of carbonyl (C=O) groups is 1. The Balaban J connectivity index is 1.65. The van der Waals surface area contributed by atoms with Crippen molar-refractivity contribution in [1.82, 2.24) is 15.3 Å². The number of amidine groups is 1. The third-order valence-electron chi connectivity index (χ3n) is 4.11. The van der Waals surface area contributed by atoms with Gasteiger partial charge in [0.05, 0.1) is 32.2 Å². The molecule has 9 heteroatoms. The van der Waals surface area contributed by atoms with Crippen LogP contribution in [0.5, 0.6) is 0 Å². The van der Waals surface area contributed by atoms with Crippen LogP contribution in [-0.2, 0) is 4.79 Å². The number of anilines is 1. The Kier molecular flexibility index (Phi) is 5.45. The number of hydrogen-bond acceptors (Lipinski definition) is 6. The third kappa shape index (κ3) is 4.22. The Bertz CT molecular complexity index is 1170. The molecule has 2 heterocycles. The number of aromatic nitrogens is 2. The largest absolute Gasteiger partial charge is 0.361 e. The standard InChI is InChI=1S/C20H15Cl2N5OS/c1-27(2)17-10-23-14-7-6-11(8-15(14)24-17)9-16-19(28)26-20(29-16)25-18-12(21)4-3-5-13(18)22/h3-10H,1-2H3,(H,25,26,28)/b16-9+. The second-order valence-electron chi connectivity index (χ2n) is 6.42. The second-order valence-corrected chi connectivity index (χ2v) is 8.27. The molecule has 1 aromatic heterocycles. The highest BCUT2D eigenvalue weighted by Gasteiger charge is 2.24. The zero-order valence-electron chi connectivity index (χ0n) is 15.5. The van der Waals surface area contributed by atoms with Gasteiger partial charge in [-0.1, -0.05) is 35.3 Å². The van der Waals surface area contributed by atoms with Crippen LogP contribution in [0.3, 0.4) is 0 Å². The summed E-state index contributed by atoms with van der Waals surface area (Å²) in [7, 11) is 3.82. The van der Waals surface area contributed by atoms with Crippen LogP contribution in [0.15, 0.2) is 52.5 Å². The van der Waals surface area contributed by atoms with Gasteiger partial charge in [-0.15, -0.1) is 0 Å². The summed E-state index contributed by atoms with van der Waals surface area (Å²) in [6.07, 6.45) is 3.52. The third-order valence-corrected chi connectivity index (χ3v) is 5.63. The molecule has 6 nitrogen and oxygen atoms in total. The minimum absolute atomic E-state index is 0.231. The van der Waals surface area contributed by atoms with Crippen molar-refractivity contribution in [2.75, 3.05) is 19.0 Å². The van der Waals surface area contributed by atoms with Crippen molar-refractivity contribution < 1.29 is 4.79 Å². The first-order chi connectivity index (χ1) is 13.9. The minimum atomic E-state index is -0.231. The average Bonchev–Trinajstić information content (AvgIpc) is 3.03. The number of nitrogens with zero attached hydrogens (tertiary/aromatic N) is 4. The zero-order chi connectivity index (χ0) is 20.5. The van der Waals surface area contributed by atoms with Crippen molar-refractivity contribution in [2.24, 2.45) is 4.99 Å². The molecule has 0 bridgehead atoms. The molecule has 1 aliphatic rings. The first-order valence-electron chi connectivity index (χ1n) is 8.58. The summed E-state index contributed by atoms with van der Waals surface area (Å²) in [6, 6.07) is 10.8. The van der Waals surface area contributed by atoms with Crippen molar-refractivity contribution in [3.63, 3.8) is 0 Å². The molecule has 29 heavy (non-hydrogen) atoms. The van der Waals surface area contributed by atoms with Crippen molar-refractivity contribution >= 4 is 74.7 Å². The van der Waals surface area contributed by atoms with Crippen molar-refractivity contribution in [2.45, 2.75) is 0 Å². The molecule has 0 unspecified atom stereocenters. The van der Waals surface area contributed by atoms with Gasteiger partial charge in [-0.2, -0.15) is 0 Å². The Morgan fingerprint density at radius 3 is 2.62 bits per heavy atom. The first kappa shape index (κ1) is 19.7. The van der Waals surface area contributed by atoms with Crippen LogP contribution in [0.4, 0.5) is 11.5 Å². The van der Waals surface area contributed by atoms with Crippen LogP contribution < -0.4 is 10.2 Å². The van der Waals surface area contributed by atoms with Crippen LogP contribution in [0.2, 0.25) is 10.0 Å². The molecular formula is C20H15Cl2N5OS. The molecule has 0 spiro atoms. The number of benzene rings is 2. The molecule has 1 fully saturated rings.